The Kier molecular flexibility index (Phi) is 5.69. The number of amides is 1. The first-order chi connectivity index (χ1) is 13.9. The van der Waals surface area contributed by atoms with E-state index in [-0.39, 0.29) is 29.3 Å². The van der Waals surface area contributed by atoms with Crippen molar-refractivity contribution in [1.82, 2.24) is 9.21 Å². The molecular weight excluding hydrogens is 408 g/mol. The molecule has 5 nitrogen and oxygen atoms in total. The summed E-state index contributed by atoms with van der Waals surface area (Å²) < 4.78 is 27.5. The van der Waals surface area contributed by atoms with Crippen LogP contribution < -0.4 is 0 Å². The van der Waals surface area contributed by atoms with Crippen molar-refractivity contribution >= 4 is 27.5 Å². The van der Waals surface area contributed by atoms with Gasteiger partial charge in [0.1, 0.15) is 0 Å². The smallest absolute Gasteiger partial charge is 0.243 e. The summed E-state index contributed by atoms with van der Waals surface area (Å²) in [6.07, 6.45) is 3.28. The van der Waals surface area contributed by atoms with E-state index < -0.39 is 10.0 Å². The van der Waals surface area contributed by atoms with Gasteiger partial charge in [0.25, 0.3) is 0 Å². The van der Waals surface area contributed by atoms with Crippen LogP contribution >= 0.6 is 11.6 Å². The molecule has 154 valence electrons. The van der Waals surface area contributed by atoms with E-state index in [2.05, 4.69) is 12.1 Å². The summed E-state index contributed by atoms with van der Waals surface area (Å²) in [7, 11) is -1.79. The van der Waals surface area contributed by atoms with Gasteiger partial charge in [-0.25, -0.2) is 8.42 Å². The van der Waals surface area contributed by atoms with Gasteiger partial charge < -0.3 is 4.90 Å². The van der Waals surface area contributed by atoms with E-state index in [1.165, 1.54) is 27.6 Å². The van der Waals surface area contributed by atoms with Crippen LogP contribution in [0.1, 0.15) is 36.4 Å². The molecule has 29 heavy (non-hydrogen) atoms. The van der Waals surface area contributed by atoms with Gasteiger partial charge >= 0.3 is 0 Å². The van der Waals surface area contributed by atoms with E-state index in [9.17, 15) is 13.2 Å². The number of fused-ring (bicyclic) bond motifs is 1. The van der Waals surface area contributed by atoms with E-state index in [0.29, 0.717) is 24.4 Å². The minimum Gasteiger partial charge on any atom is -0.338 e. The van der Waals surface area contributed by atoms with E-state index in [4.69, 9.17) is 11.6 Å². The van der Waals surface area contributed by atoms with Gasteiger partial charge in [0.15, 0.2) is 0 Å². The van der Waals surface area contributed by atoms with E-state index >= 15 is 0 Å². The number of carbonyl (C=O) groups excluding carboxylic acids is 1. The quantitative estimate of drug-likeness (QED) is 0.736. The summed E-state index contributed by atoms with van der Waals surface area (Å²) in [6, 6.07) is 14.5. The number of rotatable bonds is 4. The second-order valence-electron chi connectivity index (χ2n) is 7.86. The molecule has 4 rings (SSSR count). The molecular formula is C22H25ClN2O3S. The first-order valence-electron chi connectivity index (χ1n) is 9.98. The number of piperidine rings is 1. The lowest BCUT2D eigenvalue weighted by Gasteiger charge is -2.35. The summed E-state index contributed by atoms with van der Waals surface area (Å²) >= 11 is 5.89. The Balaban J connectivity index is 1.49. The van der Waals surface area contributed by atoms with Crippen LogP contribution in [0.5, 0.6) is 0 Å². The number of hydrogen-bond donors (Lipinski definition) is 0. The lowest BCUT2D eigenvalue weighted by molar-refractivity contribution is -0.137. The maximum absolute atomic E-state index is 13.2. The van der Waals surface area contributed by atoms with Gasteiger partial charge in [0.05, 0.1) is 16.9 Å². The fraction of sp³-hybridized carbons (Fsp3) is 0.409. The first-order valence-corrected chi connectivity index (χ1v) is 11.8. The van der Waals surface area contributed by atoms with Gasteiger partial charge in [0, 0.05) is 25.2 Å². The third-order valence-corrected chi connectivity index (χ3v) is 8.23. The monoisotopic (exact) mass is 432 g/mol. The van der Waals surface area contributed by atoms with Crippen LogP contribution in [0.4, 0.5) is 0 Å². The zero-order chi connectivity index (χ0) is 20.6. The Morgan fingerprint density at radius 1 is 1.10 bits per heavy atom. The number of nitrogens with zero attached hydrogens (tertiary/aromatic N) is 2. The van der Waals surface area contributed by atoms with Crippen LogP contribution in [0.15, 0.2) is 53.4 Å². The lowest BCUT2D eigenvalue weighted by Crippen LogP contribution is -2.46. The van der Waals surface area contributed by atoms with Crippen molar-refractivity contribution in [3.05, 3.63) is 64.7 Å². The molecule has 0 spiro atoms. The minimum absolute atomic E-state index is 0.0303. The number of benzene rings is 2. The summed E-state index contributed by atoms with van der Waals surface area (Å²) in [5.74, 6) is -0.286. The van der Waals surface area contributed by atoms with Crippen molar-refractivity contribution in [3.63, 3.8) is 0 Å². The van der Waals surface area contributed by atoms with Crippen LogP contribution in [0, 0.1) is 5.92 Å². The van der Waals surface area contributed by atoms with Crippen LogP contribution in [-0.4, -0.2) is 43.7 Å². The molecule has 1 aliphatic heterocycles. The number of halogens is 1. The predicted molar refractivity (Wildman–Crippen MR) is 113 cm³/mol. The molecule has 2 unspecified atom stereocenters. The highest BCUT2D eigenvalue weighted by Gasteiger charge is 2.37. The van der Waals surface area contributed by atoms with Crippen LogP contribution in [-0.2, 0) is 21.2 Å². The highest BCUT2D eigenvalue weighted by Crippen LogP contribution is 2.36. The van der Waals surface area contributed by atoms with E-state index in [1.54, 1.807) is 12.1 Å². The average molecular weight is 433 g/mol. The summed E-state index contributed by atoms with van der Waals surface area (Å²) in [5, 5.41) is 0.495. The molecule has 0 aromatic heterocycles. The standard InChI is InChI=1S/C22H25ClN2O3S/c1-24(21-13-8-16-5-2-3-7-20(16)21)22(26)17-6-4-14-25(15-17)29(27,28)19-11-9-18(23)10-12-19/h2-3,5,7,9-12,17,21H,4,6,8,13-15H2,1H3. The van der Waals surface area contributed by atoms with Crippen molar-refractivity contribution in [1.29, 1.82) is 0 Å². The van der Waals surface area contributed by atoms with Gasteiger partial charge in [0.2, 0.25) is 15.9 Å². The fourth-order valence-corrected chi connectivity index (χ4v) is 6.15. The highest BCUT2D eigenvalue weighted by molar-refractivity contribution is 7.89. The number of sulfonamides is 1. The van der Waals surface area contributed by atoms with Crippen molar-refractivity contribution in [2.45, 2.75) is 36.6 Å². The molecule has 1 saturated heterocycles. The average Bonchev–Trinajstić information content (AvgIpc) is 3.17. The van der Waals surface area contributed by atoms with E-state index in [1.807, 2.05) is 24.1 Å². The van der Waals surface area contributed by atoms with Crippen LogP contribution in [0.25, 0.3) is 0 Å². The third kappa shape index (κ3) is 3.93. The van der Waals surface area contributed by atoms with Gasteiger partial charge in [-0.05, 0) is 61.1 Å². The summed E-state index contributed by atoms with van der Waals surface area (Å²) in [5.41, 5.74) is 2.51. The van der Waals surface area contributed by atoms with Gasteiger partial charge in [-0.2, -0.15) is 4.31 Å². The van der Waals surface area contributed by atoms with Crippen molar-refractivity contribution in [2.75, 3.05) is 20.1 Å². The fourth-order valence-electron chi connectivity index (χ4n) is 4.50. The molecule has 7 heteroatoms. The Morgan fingerprint density at radius 3 is 2.59 bits per heavy atom. The molecule has 2 atom stereocenters. The lowest BCUT2D eigenvalue weighted by atomic mass is 9.97. The Labute approximate surface area is 177 Å². The molecule has 2 aromatic carbocycles. The molecule has 1 amide bonds. The Morgan fingerprint density at radius 2 is 1.83 bits per heavy atom. The molecule has 2 aromatic rings. The molecule has 1 fully saturated rings. The Hall–Kier alpha value is -1.89. The Bertz CT molecular complexity index is 1010. The number of carbonyl (C=O) groups is 1. The minimum atomic E-state index is -3.63. The topological polar surface area (TPSA) is 57.7 Å². The van der Waals surface area contributed by atoms with Gasteiger partial charge in [-0.15, -0.1) is 0 Å². The molecule has 0 saturated carbocycles. The zero-order valence-electron chi connectivity index (χ0n) is 16.4. The molecule has 0 N–H and O–H groups in total. The SMILES string of the molecule is CN(C(=O)C1CCCN(S(=O)(=O)c2ccc(Cl)cc2)C1)C1CCc2ccccc21. The maximum atomic E-state index is 13.2. The second kappa shape index (κ2) is 8.09. The van der Waals surface area contributed by atoms with Crippen LogP contribution in [0.2, 0.25) is 5.02 Å². The predicted octanol–water partition coefficient (Wildman–Crippen LogP) is 3.89. The first kappa shape index (κ1) is 20.4. The van der Waals surface area contributed by atoms with Gasteiger partial charge in [-0.1, -0.05) is 35.9 Å². The number of hydrogen-bond acceptors (Lipinski definition) is 3. The van der Waals surface area contributed by atoms with Crippen molar-refractivity contribution in [3.8, 4) is 0 Å². The van der Waals surface area contributed by atoms with E-state index in [0.717, 1.165) is 12.8 Å². The highest BCUT2D eigenvalue weighted by atomic mass is 35.5. The molecule has 1 aliphatic carbocycles. The zero-order valence-corrected chi connectivity index (χ0v) is 18.0. The largest absolute Gasteiger partial charge is 0.338 e. The molecule has 0 radical (unpaired) electrons. The normalized spacial score (nSPS) is 22.3. The molecule has 0 bridgehead atoms. The number of aryl methyl sites for hydroxylation is 1. The van der Waals surface area contributed by atoms with Crippen molar-refractivity contribution < 1.29 is 13.2 Å². The van der Waals surface area contributed by atoms with Gasteiger partial charge in [-0.3, -0.25) is 4.79 Å². The molecule has 2 aliphatic rings. The summed E-state index contributed by atoms with van der Waals surface area (Å²) in [4.78, 5) is 15.3. The maximum Gasteiger partial charge on any atom is 0.243 e. The third-order valence-electron chi connectivity index (χ3n) is 6.10. The van der Waals surface area contributed by atoms with Crippen LogP contribution in [0.3, 0.4) is 0 Å². The van der Waals surface area contributed by atoms with Crippen molar-refractivity contribution in [2.24, 2.45) is 5.92 Å². The molecule has 1 heterocycles. The second-order valence-corrected chi connectivity index (χ2v) is 10.2. The summed E-state index contributed by atoms with van der Waals surface area (Å²) in [6.45, 7) is 0.660.